The Morgan fingerprint density at radius 2 is 2.38 bits per heavy atom. The van der Waals surface area contributed by atoms with Crippen molar-refractivity contribution in [1.29, 1.82) is 0 Å². The molecule has 0 saturated carbocycles. The average Bonchev–Trinajstić information content (AvgIpc) is 3.19. The van der Waals surface area contributed by atoms with E-state index in [0.29, 0.717) is 11.8 Å². The highest BCUT2D eigenvalue weighted by Gasteiger charge is 2.21. The van der Waals surface area contributed by atoms with Gasteiger partial charge >= 0.3 is 0 Å². The van der Waals surface area contributed by atoms with Gasteiger partial charge in [0.05, 0.1) is 12.0 Å². The summed E-state index contributed by atoms with van der Waals surface area (Å²) in [5, 5.41) is 7.68. The molecule has 5 nitrogen and oxygen atoms in total. The van der Waals surface area contributed by atoms with Gasteiger partial charge in [-0.1, -0.05) is 12.1 Å². The van der Waals surface area contributed by atoms with E-state index in [0.717, 1.165) is 44.1 Å². The zero-order valence-corrected chi connectivity index (χ0v) is 12.5. The Morgan fingerprint density at radius 1 is 1.43 bits per heavy atom. The smallest absolute Gasteiger partial charge is 0.202 e. The van der Waals surface area contributed by atoms with Crippen LogP contribution in [0.3, 0.4) is 0 Å². The highest BCUT2D eigenvalue weighted by atomic mass is 16.5. The molecule has 0 amide bonds. The lowest BCUT2D eigenvalue weighted by Gasteiger charge is -2.33. The summed E-state index contributed by atoms with van der Waals surface area (Å²) in [7, 11) is 0. The molecule has 0 spiro atoms. The van der Waals surface area contributed by atoms with E-state index in [1.807, 2.05) is 18.2 Å². The van der Waals surface area contributed by atoms with Crippen molar-refractivity contribution >= 4 is 0 Å². The maximum absolute atomic E-state index is 5.39. The second-order valence-corrected chi connectivity index (χ2v) is 5.63. The molecule has 0 radical (unpaired) electrons. The van der Waals surface area contributed by atoms with Crippen LogP contribution in [0.25, 0.3) is 11.5 Å². The van der Waals surface area contributed by atoms with Gasteiger partial charge in [0, 0.05) is 25.2 Å². The summed E-state index contributed by atoms with van der Waals surface area (Å²) < 4.78 is 10.7. The molecule has 2 aromatic heterocycles. The first-order valence-corrected chi connectivity index (χ1v) is 7.81. The molecule has 1 aliphatic heterocycles. The predicted molar refractivity (Wildman–Crippen MR) is 80.8 cm³/mol. The minimum atomic E-state index is 0.600. The molecule has 2 aromatic rings. The van der Waals surface area contributed by atoms with Crippen molar-refractivity contribution in [1.82, 2.24) is 15.4 Å². The molecule has 5 heteroatoms. The monoisotopic (exact) mass is 289 g/mol. The van der Waals surface area contributed by atoms with Gasteiger partial charge in [0.2, 0.25) is 5.76 Å². The molecule has 1 aliphatic rings. The van der Waals surface area contributed by atoms with Gasteiger partial charge in [-0.2, -0.15) is 0 Å². The molecule has 1 N–H and O–H groups in total. The van der Waals surface area contributed by atoms with E-state index in [-0.39, 0.29) is 0 Å². The number of aromatic nitrogens is 1. The zero-order chi connectivity index (χ0) is 14.5. The second-order valence-electron chi connectivity index (χ2n) is 5.63. The Kier molecular flexibility index (Phi) is 4.72. The fourth-order valence-corrected chi connectivity index (χ4v) is 2.95. The molecule has 114 valence electrons. The van der Waals surface area contributed by atoms with E-state index >= 15 is 0 Å². The van der Waals surface area contributed by atoms with E-state index in [1.165, 1.54) is 12.8 Å². The summed E-state index contributed by atoms with van der Waals surface area (Å²) >= 11 is 0. The van der Waals surface area contributed by atoms with Crippen LogP contribution in [0.1, 0.15) is 31.9 Å². The largest absolute Gasteiger partial charge is 0.461 e. The van der Waals surface area contributed by atoms with Crippen molar-refractivity contribution in [2.75, 3.05) is 19.6 Å². The minimum Gasteiger partial charge on any atom is -0.461 e. The standard InChI is InChI=1S/C16H23N3O2/c1-2-8-19(14-5-3-7-17-11-14)12-13-10-16(21-18-13)15-6-4-9-20-15/h4,6,9-10,14,17H,2-3,5,7-8,11-12H2,1H3. The summed E-state index contributed by atoms with van der Waals surface area (Å²) in [6.45, 7) is 6.37. The second kappa shape index (κ2) is 6.91. The van der Waals surface area contributed by atoms with E-state index in [2.05, 4.69) is 22.3 Å². The average molecular weight is 289 g/mol. The van der Waals surface area contributed by atoms with Gasteiger partial charge in [-0.3, -0.25) is 4.90 Å². The first kappa shape index (κ1) is 14.4. The molecule has 0 aliphatic carbocycles. The molecule has 0 bridgehead atoms. The lowest BCUT2D eigenvalue weighted by molar-refractivity contribution is 0.154. The third-order valence-corrected chi connectivity index (χ3v) is 3.99. The molecule has 3 rings (SSSR count). The molecule has 1 saturated heterocycles. The van der Waals surface area contributed by atoms with Crippen molar-refractivity contribution in [3.05, 3.63) is 30.2 Å². The first-order chi connectivity index (χ1) is 10.4. The van der Waals surface area contributed by atoms with Gasteiger partial charge in [0.25, 0.3) is 0 Å². The Hall–Kier alpha value is -1.59. The first-order valence-electron chi connectivity index (χ1n) is 7.81. The maximum atomic E-state index is 5.39. The van der Waals surface area contributed by atoms with Gasteiger partial charge in [0.15, 0.2) is 5.76 Å². The zero-order valence-electron chi connectivity index (χ0n) is 12.5. The van der Waals surface area contributed by atoms with Crippen LogP contribution >= 0.6 is 0 Å². The van der Waals surface area contributed by atoms with Crippen molar-refractivity contribution < 1.29 is 8.94 Å². The number of nitrogens with zero attached hydrogens (tertiary/aromatic N) is 2. The number of rotatable bonds is 6. The van der Waals surface area contributed by atoms with Crippen molar-refractivity contribution in [2.45, 2.75) is 38.8 Å². The fourth-order valence-electron chi connectivity index (χ4n) is 2.95. The Labute approximate surface area is 125 Å². The lowest BCUT2D eigenvalue weighted by Crippen LogP contribution is -2.45. The van der Waals surface area contributed by atoms with Gasteiger partial charge in [-0.05, 0) is 44.5 Å². The Morgan fingerprint density at radius 3 is 3.10 bits per heavy atom. The van der Waals surface area contributed by atoms with Crippen LogP contribution in [0.2, 0.25) is 0 Å². The number of hydrogen-bond acceptors (Lipinski definition) is 5. The van der Waals surface area contributed by atoms with E-state index < -0.39 is 0 Å². The van der Waals surface area contributed by atoms with E-state index in [4.69, 9.17) is 8.94 Å². The van der Waals surface area contributed by atoms with Crippen molar-refractivity contribution in [3.8, 4) is 11.5 Å². The summed E-state index contributed by atoms with van der Waals surface area (Å²) in [6.07, 6.45) is 5.31. The SMILES string of the molecule is CCCN(Cc1cc(-c2ccco2)on1)C1CCCNC1. The van der Waals surface area contributed by atoms with Crippen LogP contribution < -0.4 is 5.32 Å². The number of furan rings is 1. The Balaban J connectivity index is 1.67. The molecule has 1 unspecified atom stereocenters. The van der Waals surface area contributed by atoms with Gasteiger partial charge in [-0.15, -0.1) is 0 Å². The van der Waals surface area contributed by atoms with Crippen molar-refractivity contribution in [3.63, 3.8) is 0 Å². The van der Waals surface area contributed by atoms with Crippen LogP contribution in [-0.4, -0.2) is 35.7 Å². The third-order valence-electron chi connectivity index (χ3n) is 3.99. The van der Waals surface area contributed by atoms with Gasteiger partial charge in [-0.25, -0.2) is 0 Å². The highest BCUT2D eigenvalue weighted by molar-refractivity contribution is 5.49. The minimum absolute atomic E-state index is 0.600. The van der Waals surface area contributed by atoms with Crippen LogP contribution in [0.5, 0.6) is 0 Å². The lowest BCUT2D eigenvalue weighted by atomic mass is 10.1. The van der Waals surface area contributed by atoms with E-state index in [1.54, 1.807) is 6.26 Å². The van der Waals surface area contributed by atoms with Gasteiger partial charge < -0.3 is 14.3 Å². The summed E-state index contributed by atoms with van der Waals surface area (Å²) in [6, 6.07) is 6.33. The van der Waals surface area contributed by atoms with Gasteiger partial charge in [0.1, 0.15) is 0 Å². The summed E-state index contributed by atoms with van der Waals surface area (Å²) in [5.41, 5.74) is 0.973. The number of nitrogens with one attached hydrogen (secondary N) is 1. The van der Waals surface area contributed by atoms with E-state index in [9.17, 15) is 0 Å². The quantitative estimate of drug-likeness (QED) is 0.886. The number of hydrogen-bond donors (Lipinski definition) is 1. The predicted octanol–water partition coefficient (Wildman–Crippen LogP) is 2.90. The fraction of sp³-hybridized carbons (Fsp3) is 0.562. The van der Waals surface area contributed by atoms with Crippen LogP contribution in [0, 0.1) is 0 Å². The van der Waals surface area contributed by atoms with Crippen LogP contribution in [-0.2, 0) is 6.54 Å². The van der Waals surface area contributed by atoms with Crippen molar-refractivity contribution in [2.24, 2.45) is 0 Å². The Bertz CT molecular complexity index is 529. The number of piperidine rings is 1. The molecule has 0 aromatic carbocycles. The normalized spacial score (nSPS) is 19.2. The molecular weight excluding hydrogens is 266 g/mol. The molecule has 21 heavy (non-hydrogen) atoms. The molecular formula is C16H23N3O2. The van der Waals surface area contributed by atoms with Crippen LogP contribution in [0.4, 0.5) is 0 Å². The summed E-state index contributed by atoms with van der Waals surface area (Å²) in [4.78, 5) is 2.51. The highest BCUT2D eigenvalue weighted by Crippen LogP contribution is 2.22. The summed E-state index contributed by atoms with van der Waals surface area (Å²) in [5.74, 6) is 1.43. The topological polar surface area (TPSA) is 54.4 Å². The molecule has 1 atom stereocenters. The maximum Gasteiger partial charge on any atom is 0.202 e. The molecule has 1 fully saturated rings. The third kappa shape index (κ3) is 3.54. The van der Waals surface area contributed by atoms with Crippen LogP contribution in [0.15, 0.2) is 33.4 Å². The molecule has 3 heterocycles.